The number of ether oxygens (including phenoxy) is 1. The second kappa shape index (κ2) is 3.69. The van der Waals surface area contributed by atoms with Gasteiger partial charge in [0.25, 0.3) is 0 Å². The van der Waals surface area contributed by atoms with Crippen molar-refractivity contribution in [1.82, 2.24) is 0 Å². The Morgan fingerprint density at radius 1 is 1.13 bits per heavy atom. The molecule has 0 radical (unpaired) electrons. The maximum Gasteiger partial charge on any atom is 0.309 e. The van der Waals surface area contributed by atoms with Crippen molar-refractivity contribution in [2.24, 2.45) is 11.8 Å². The molecule has 1 aromatic rings. The molecule has 1 heterocycles. The fourth-order valence-electron chi connectivity index (χ4n) is 1.94. The molecular formula is C13H16O2. The molecule has 0 saturated carbocycles. The molecule has 1 saturated heterocycles. The number of carbonyl (C=O) groups is 1. The molecule has 2 nitrogen and oxygen atoms in total. The van der Waals surface area contributed by atoms with E-state index in [1.54, 1.807) is 0 Å². The lowest BCUT2D eigenvalue weighted by Gasteiger charge is -2.15. The normalized spacial score (nSPS) is 30.3. The van der Waals surface area contributed by atoms with E-state index >= 15 is 0 Å². The van der Waals surface area contributed by atoms with E-state index in [0.29, 0.717) is 0 Å². The van der Waals surface area contributed by atoms with Gasteiger partial charge < -0.3 is 4.74 Å². The third-order valence-electron chi connectivity index (χ3n) is 3.29. The Morgan fingerprint density at radius 3 is 2.20 bits per heavy atom. The van der Waals surface area contributed by atoms with E-state index < -0.39 is 0 Å². The van der Waals surface area contributed by atoms with Gasteiger partial charge in [0, 0.05) is 5.92 Å². The van der Waals surface area contributed by atoms with Crippen LogP contribution in [0.4, 0.5) is 0 Å². The van der Waals surface area contributed by atoms with Crippen molar-refractivity contribution >= 4 is 5.97 Å². The van der Waals surface area contributed by atoms with Crippen LogP contribution in [0.1, 0.15) is 31.1 Å². The first kappa shape index (κ1) is 10.2. The van der Waals surface area contributed by atoms with Gasteiger partial charge in [0.05, 0.1) is 5.92 Å². The molecule has 1 aromatic carbocycles. The largest absolute Gasteiger partial charge is 0.457 e. The highest BCUT2D eigenvalue weighted by Gasteiger charge is 2.39. The summed E-state index contributed by atoms with van der Waals surface area (Å²) in [6.07, 6.45) is -0.0619. The molecule has 2 heteroatoms. The molecule has 1 aliphatic rings. The van der Waals surface area contributed by atoms with E-state index in [1.165, 1.54) is 5.56 Å². The fraction of sp³-hybridized carbons (Fsp3) is 0.462. The molecule has 0 unspecified atom stereocenters. The van der Waals surface area contributed by atoms with E-state index in [-0.39, 0.29) is 23.9 Å². The predicted molar refractivity (Wildman–Crippen MR) is 58.3 cm³/mol. The summed E-state index contributed by atoms with van der Waals surface area (Å²) in [7, 11) is 0. The Bertz CT molecular complexity index is 367. The van der Waals surface area contributed by atoms with Gasteiger partial charge >= 0.3 is 5.97 Å². The number of cyclic esters (lactones) is 1. The summed E-state index contributed by atoms with van der Waals surface area (Å²) in [5.74, 6) is 0.199. The molecule has 1 fully saturated rings. The van der Waals surface area contributed by atoms with Crippen molar-refractivity contribution in [1.29, 1.82) is 0 Å². The lowest BCUT2D eigenvalue weighted by molar-refractivity contribution is -0.144. The maximum atomic E-state index is 11.4. The van der Waals surface area contributed by atoms with Crippen LogP contribution in [0.3, 0.4) is 0 Å². The predicted octanol–water partition coefficient (Wildman–Crippen LogP) is 2.87. The van der Waals surface area contributed by atoms with Crippen molar-refractivity contribution < 1.29 is 9.53 Å². The van der Waals surface area contributed by atoms with Crippen molar-refractivity contribution in [3.05, 3.63) is 35.4 Å². The summed E-state index contributed by atoms with van der Waals surface area (Å²) in [6.45, 7) is 6.05. The molecule has 0 N–H and O–H groups in total. The second-order valence-electron chi connectivity index (χ2n) is 4.42. The van der Waals surface area contributed by atoms with Crippen LogP contribution in [-0.4, -0.2) is 5.97 Å². The third-order valence-corrected chi connectivity index (χ3v) is 3.29. The maximum absolute atomic E-state index is 11.4. The van der Waals surface area contributed by atoms with Crippen LogP contribution in [0.25, 0.3) is 0 Å². The number of benzene rings is 1. The minimum Gasteiger partial charge on any atom is -0.457 e. The Labute approximate surface area is 90.3 Å². The Hall–Kier alpha value is -1.31. The topological polar surface area (TPSA) is 26.3 Å². The van der Waals surface area contributed by atoms with E-state index in [4.69, 9.17) is 4.74 Å². The molecule has 80 valence electrons. The van der Waals surface area contributed by atoms with Crippen molar-refractivity contribution in [3.8, 4) is 0 Å². The molecule has 0 aromatic heterocycles. The average molecular weight is 204 g/mol. The first-order valence-electron chi connectivity index (χ1n) is 5.36. The van der Waals surface area contributed by atoms with Gasteiger partial charge in [0.1, 0.15) is 6.10 Å². The monoisotopic (exact) mass is 204 g/mol. The smallest absolute Gasteiger partial charge is 0.309 e. The van der Waals surface area contributed by atoms with Crippen LogP contribution in [0.15, 0.2) is 24.3 Å². The van der Waals surface area contributed by atoms with Gasteiger partial charge in [0.2, 0.25) is 0 Å². The van der Waals surface area contributed by atoms with Gasteiger partial charge in [-0.1, -0.05) is 43.7 Å². The van der Waals surface area contributed by atoms with Gasteiger partial charge in [-0.05, 0) is 12.5 Å². The fourth-order valence-corrected chi connectivity index (χ4v) is 1.94. The highest BCUT2D eigenvalue weighted by molar-refractivity contribution is 5.75. The molecule has 0 aliphatic carbocycles. The number of hydrogen-bond donors (Lipinski definition) is 0. The van der Waals surface area contributed by atoms with E-state index in [0.717, 1.165) is 5.56 Å². The molecule has 15 heavy (non-hydrogen) atoms. The first-order chi connectivity index (χ1) is 7.09. The minimum absolute atomic E-state index is 0.0105. The van der Waals surface area contributed by atoms with E-state index in [1.807, 2.05) is 19.1 Å². The van der Waals surface area contributed by atoms with Gasteiger partial charge in [-0.25, -0.2) is 0 Å². The third kappa shape index (κ3) is 1.76. The lowest BCUT2D eigenvalue weighted by Crippen LogP contribution is -2.09. The number of carbonyl (C=O) groups excluding carboxylic acids is 1. The second-order valence-corrected chi connectivity index (χ2v) is 4.42. The van der Waals surface area contributed by atoms with Crippen LogP contribution in [-0.2, 0) is 9.53 Å². The molecule has 2 rings (SSSR count). The van der Waals surface area contributed by atoms with Gasteiger partial charge in [0.15, 0.2) is 0 Å². The Morgan fingerprint density at radius 2 is 1.73 bits per heavy atom. The van der Waals surface area contributed by atoms with Crippen LogP contribution >= 0.6 is 0 Å². The SMILES string of the molecule is Cc1ccc([C@@H]2OC(=O)[C@H](C)[C@H]2C)cc1. The molecule has 0 spiro atoms. The lowest BCUT2D eigenvalue weighted by atomic mass is 9.90. The number of esters is 1. The summed E-state index contributed by atoms with van der Waals surface area (Å²) < 4.78 is 5.37. The molecular weight excluding hydrogens is 188 g/mol. The molecule has 0 bridgehead atoms. The zero-order chi connectivity index (χ0) is 11.0. The molecule has 3 atom stereocenters. The van der Waals surface area contributed by atoms with Crippen LogP contribution in [0.5, 0.6) is 0 Å². The summed E-state index contributed by atoms with van der Waals surface area (Å²) in [4.78, 5) is 11.4. The number of hydrogen-bond acceptors (Lipinski definition) is 2. The number of rotatable bonds is 1. The molecule has 1 aliphatic heterocycles. The van der Waals surface area contributed by atoms with Gasteiger partial charge in [-0.2, -0.15) is 0 Å². The van der Waals surface area contributed by atoms with Crippen molar-refractivity contribution in [2.45, 2.75) is 26.9 Å². The summed E-state index contributed by atoms with van der Waals surface area (Å²) in [6, 6.07) is 8.20. The number of aryl methyl sites for hydroxylation is 1. The van der Waals surface area contributed by atoms with E-state index in [2.05, 4.69) is 26.0 Å². The highest BCUT2D eigenvalue weighted by Crippen LogP contribution is 2.38. The quantitative estimate of drug-likeness (QED) is 0.657. The van der Waals surface area contributed by atoms with E-state index in [9.17, 15) is 4.79 Å². The Balaban J connectivity index is 2.25. The summed E-state index contributed by atoms with van der Waals surface area (Å²) in [5, 5.41) is 0. The zero-order valence-corrected chi connectivity index (χ0v) is 9.36. The minimum atomic E-state index is -0.0759. The highest BCUT2D eigenvalue weighted by atomic mass is 16.6. The summed E-state index contributed by atoms with van der Waals surface area (Å²) >= 11 is 0. The average Bonchev–Trinajstić information content (AvgIpc) is 2.47. The van der Waals surface area contributed by atoms with Gasteiger partial charge in [-0.3, -0.25) is 4.79 Å². The Kier molecular flexibility index (Phi) is 2.51. The van der Waals surface area contributed by atoms with Crippen LogP contribution in [0, 0.1) is 18.8 Å². The summed E-state index contributed by atoms with van der Waals surface area (Å²) in [5.41, 5.74) is 2.33. The van der Waals surface area contributed by atoms with Gasteiger partial charge in [-0.15, -0.1) is 0 Å². The standard InChI is InChI=1S/C13H16O2/c1-8-4-6-11(7-5-8)12-9(2)10(3)13(14)15-12/h4-7,9-10,12H,1-3H3/t9-,10-,12-/m1/s1. The zero-order valence-electron chi connectivity index (χ0n) is 9.36. The first-order valence-corrected chi connectivity index (χ1v) is 5.36. The van der Waals surface area contributed by atoms with Crippen LogP contribution in [0.2, 0.25) is 0 Å². The van der Waals surface area contributed by atoms with Crippen LogP contribution < -0.4 is 0 Å². The van der Waals surface area contributed by atoms with Crippen molar-refractivity contribution in [2.75, 3.05) is 0 Å². The van der Waals surface area contributed by atoms with Crippen molar-refractivity contribution in [3.63, 3.8) is 0 Å². The molecule has 0 amide bonds.